The number of nitrogens with two attached hydrogens (primary N) is 1. The minimum Gasteiger partial charge on any atom is -0.383 e. The molecule has 2 unspecified atom stereocenters. The molecule has 92 valence electrons. The maximum atomic E-state index is 6.00. The Hall–Kier alpha value is -0.120. The van der Waals surface area contributed by atoms with Crippen molar-refractivity contribution in [2.45, 2.75) is 52.1 Å². The highest BCUT2D eigenvalue weighted by Crippen LogP contribution is 2.04. The zero-order valence-electron chi connectivity index (χ0n) is 10.8. The van der Waals surface area contributed by atoms with Crippen molar-refractivity contribution in [1.29, 1.82) is 0 Å². The summed E-state index contributed by atoms with van der Waals surface area (Å²) in [5, 5.41) is 0. The molecule has 0 aromatic carbocycles. The Labute approximate surface area is 95.0 Å². The first-order chi connectivity index (χ1) is 7.15. The third kappa shape index (κ3) is 6.88. The second-order valence-electron chi connectivity index (χ2n) is 4.27. The molecule has 2 atom stereocenters. The fourth-order valence-electron chi connectivity index (χ4n) is 1.88. The van der Waals surface area contributed by atoms with Crippen LogP contribution in [0.1, 0.15) is 40.0 Å². The van der Waals surface area contributed by atoms with Crippen molar-refractivity contribution in [1.82, 2.24) is 4.90 Å². The standard InChI is InChI=1S/C12H28N2O/c1-5-7-12(13)8-9-14(6-2)11(3)10-15-4/h11-12H,5-10,13H2,1-4H3. The average molecular weight is 216 g/mol. The monoisotopic (exact) mass is 216 g/mol. The van der Waals surface area contributed by atoms with Gasteiger partial charge in [-0.1, -0.05) is 20.3 Å². The Bertz CT molecular complexity index is 142. The maximum Gasteiger partial charge on any atom is 0.0615 e. The highest BCUT2D eigenvalue weighted by Gasteiger charge is 2.12. The van der Waals surface area contributed by atoms with Gasteiger partial charge < -0.3 is 10.5 Å². The Morgan fingerprint density at radius 1 is 1.27 bits per heavy atom. The van der Waals surface area contributed by atoms with Gasteiger partial charge in [-0.25, -0.2) is 0 Å². The molecule has 15 heavy (non-hydrogen) atoms. The van der Waals surface area contributed by atoms with Crippen LogP contribution in [0.4, 0.5) is 0 Å². The predicted octanol–water partition coefficient (Wildman–Crippen LogP) is 1.86. The average Bonchev–Trinajstić information content (AvgIpc) is 2.19. The summed E-state index contributed by atoms with van der Waals surface area (Å²) in [7, 11) is 1.76. The molecule has 0 aliphatic rings. The fourth-order valence-corrected chi connectivity index (χ4v) is 1.88. The van der Waals surface area contributed by atoms with E-state index in [2.05, 4.69) is 25.7 Å². The van der Waals surface area contributed by atoms with E-state index < -0.39 is 0 Å². The van der Waals surface area contributed by atoms with Crippen molar-refractivity contribution < 1.29 is 4.74 Å². The first kappa shape index (κ1) is 14.9. The minimum absolute atomic E-state index is 0.360. The molecule has 0 aliphatic heterocycles. The molecule has 0 heterocycles. The summed E-state index contributed by atoms with van der Waals surface area (Å²) < 4.78 is 5.17. The van der Waals surface area contributed by atoms with Crippen LogP contribution in [0.15, 0.2) is 0 Å². The minimum atomic E-state index is 0.360. The first-order valence-electron chi connectivity index (χ1n) is 6.14. The van der Waals surface area contributed by atoms with Crippen LogP contribution in [-0.4, -0.2) is 43.8 Å². The molecule has 0 amide bonds. The quantitative estimate of drug-likeness (QED) is 0.639. The van der Waals surface area contributed by atoms with Gasteiger partial charge in [0, 0.05) is 19.2 Å². The van der Waals surface area contributed by atoms with Crippen LogP contribution in [-0.2, 0) is 4.74 Å². The summed E-state index contributed by atoms with van der Waals surface area (Å²) in [4.78, 5) is 2.43. The third-order valence-electron chi connectivity index (χ3n) is 2.88. The highest BCUT2D eigenvalue weighted by molar-refractivity contribution is 4.69. The van der Waals surface area contributed by atoms with Gasteiger partial charge in [0.05, 0.1) is 6.61 Å². The van der Waals surface area contributed by atoms with E-state index in [4.69, 9.17) is 10.5 Å². The zero-order valence-corrected chi connectivity index (χ0v) is 10.8. The Morgan fingerprint density at radius 2 is 1.93 bits per heavy atom. The number of ether oxygens (including phenoxy) is 1. The zero-order chi connectivity index (χ0) is 11.7. The number of likely N-dealkylation sites (N-methyl/N-ethyl adjacent to an activating group) is 1. The molecular formula is C12H28N2O. The van der Waals surface area contributed by atoms with Gasteiger partial charge in [-0.15, -0.1) is 0 Å². The van der Waals surface area contributed by atoms with Gasteiger partial charge in [-0.3, -0.25) is 4.90 Å². The third-order valence-corrected chi connectivity index (χ3v) is 2.88. The second-order valence-corrected chi connectivity index (χ2v) is 4.27. The van der Waals surface area contributed by atoms with E-state index in [1.165, 1.54) is 6.42 Å². The Balaban J connectivity index is 3.78. The van der Waals surface area contributed by atoms with Crippen LogP contribution < -0.4 is 5.73 Å². The van der Waals surface area contributed by atoms with E-state index in [1.807, 2.05) is 0 Å². The van der Waals surface area contributed by atoms with Crippen LogP contribution in [0.3, 0.4) is 0 Å². The van der Waals surface area contributed by atoms with E-state index in [0.717, 1.165) is 32.5 Å². The number of nitrogens with zero attached hydrogens (tertiary/aromatic N) is 1. The summed E-state index contributed by atoms with van der Waals surface area (Å²) in [6.45, 7) is 9.54. The molecule has 0 aliphatic carbocycles. The topological polar surface area (TPSA) is 38.5 Å². The van der Waals surface area contributed by atoms with Crippen molar-refractivity contribution in [2.24, 2.45) is 5.73 Å². The van der Waals surface area contributed by atoms with E-state index >= 15 is 0 Å². The summed E-state index contributed by atoms with van der Waals surface area (Å²) in [6, 6.07) is 0.854. The number of hydrogen-bond acceptors (Lipinski definition) is 3. The van der Waals surface area contributed by atoms with Crippen molar-refractivity contribution in [3.05, 3.63) is 0 Å². The predicted molar refractivity (Wildman–Crippen MR) is 66.1 cm³/mol. The van der Waals surface area contributed by atoms with Crippen molar-refractivity contribution in [2.75, 3.05) is 26.8 Å². The lowest BCUT2D eigenvalue weighted by Crippen LogP contribution is -2.39. The van der Waals surface area contributed by atoms with Crippen LogP contribution in [0.25, 0.3) is 0 Å². The lowest BCUT2D eigenvalue weighted by Gasteiger charge is -2.28. The van der Waals surface area contributed by atoms with Gasteiger partial charge in [-0.05, 0) is 32.9 Å². The summed E-state index contributed by atoms with van der Waals surface area (Å²) in [6.07, 6.45) is 3.41. The maximum absolute atomic E-state index is 6.00. The summed E-state index contributed by atoms with van der Waals surface area (Å²) in [5.41, 5.74) is 6.00. The molecule has 0 saturated carbocycles. The van der Waals surface area contributed by atoms with Gasteiger partial charge in [0.1, 0.15) is 0 Å². The van der Waals surface area contributed by atoms with E-state index in [0.29, 0.717) is 12.1 Å². The molecule has 0 radical (unpaired) electrons. The van der Waals surface area contributed by atoms with Crippen LogP contribution in [0.5, 0.6) is 0 Å². The number of hydrogen-bond donors (Lipinski definition) is 1. The van der Waals surface area contributed by atoms with E-state index in [9.17, 15) is 0 Å². The Morgan fingerprint density at radius 3 is 2.40 bits per heavy atom. The van der Waals surface area contributed by atoms with Crippen molar-refractivity contribution in [3.8, 4) is 0 Å². The molecule has 0 bridgehead atoms. The van der Waals surface area contributed by atoms with Crippen molar-refractivity contribution >= 4 is 0 Å². The summed E-state index contributed by atoms with van der Waals surface area (Å²) in [5.74, 6) is 0. The van der Waals surface area contributed by atoms with Gasteiger partial charge in [-0.2, -0.15) is 0 Å². The fraction of sp³-hybridized carbons (Fsp3) is 1.00. The first-order valence-corrected chi connectivity index (χ1v) is 6.14. The normalized spacial score (nSPS) is 15.6. The van der Waals surface area contributed by atoms with Gasteiger partial charge in [0.2, 0.25) is 0 Å². The van der Waals surface area contributed by atoms with Gasteiger partial charge in [0.15, 0.2) is 0 Å². The largest absolute Gasteiger partial charge is 0.383 e. The molecule has 0 fully saturated rings. The molecule has 2 N–H and O–H groups in total. The van der Waals surface area contributed by atoms with Crippen LogP contribution >= 0.6 is 0 Å². The Kier molecular flexibility index (Phi) is 9.06. The molecule has 0 saturated heterocycles. The smallest absolute Gasteiger partial charge is 0.0615 e. The van der Waals surface area contributed by atoms with Crippen LogP contribution in [0, 0.1) is 0 Å². The lowest BCUT2D eigenvalue weighted by molar-refractivity contribution is 0.100. The molecular weight excluding hydrogens is 188 g/mol. The number of methoxy groups -OCH3 is 1. The summed E-state index contributed by atoms with van der Waals surface area (Å²) >= 11 is 0. The molecule has 0 aromatic rings. The molecule has 0 aromatic heterocycles. The highest BCUT2D eigenvalue weighted by atomic mass is 16.5. The molecule has 0 spiro atoms. The molecule has 0 rings (SSSR count). The van der Waals surface area contributed by atoms with Gasteiger partial charge >= 0.3 is 0 Å². The van der Waals surface area contributed by atoms with E-state index in [1.54, 1.807) is 7.11 Å². The lowest BCUT2D eigenvalue weighted by atomic mass is 10.1. The number of rotatable bonds is 9. The molecule has 3 nitrogen and oxygen atoms in total. The molecule has 3 heteroatoms. The van der Waals surface area contributed by atoms with Gasteiger partial charge in [0.25, 0.3) is 0 Å². The van der Waals surface area contributed by atoms with Crippen LogP contribution in [0.2, 0.25) is 0 Å². The second kappa shape index (κ2) is 9.13. The van der Waals surface area contributed by atoms with E-state index in [-0.39, 0.29) is 0 Å². The SMILES string of the molecule is CCCC(N)CCN(CC)C(C)COC. The van der Waals surface area contributed by atoms with Crippen molar-refractivity contribution in [3.63, 3.8) is 0 Å².